The minimum Gasteiger partial charge on any atom is -0.379 e. The van der Waals surface area contributed by atoms with Crippen molar-refractivity contribution in [3.63, 3.8) is 0 Å². The number of nitrogens with zero attached hydrogens (tertiary/aromatic N) is 1. The third kappa shape index (κ3) is 3.49. The first-order valence-corrected chi connectivity index (χ1v) is 6.06. The molecule has 1 fully saturated rings. The van der Waals surface area contributed by atoms with Gasteiger partial charge in [0.1, 0.15) is 5.82 Å². The molecule has 0 amide bonds. The zero-order valence-corrected chi connectivity index (χ0v) is 9.94. The molecule has 0 bridgehead atoms. The molecule has 1 aliphatic heterocycles. The normalized spacial score (nSPS) is 19.2. The first kappa shape index (κ1) is 12.5. The van der Waals surface area contributed by atoms with Crippen LogP contribution in [0.2, 0.25) is 0 Å². The number of halogens is 1. The summed E-state index contributed by atoms with van der Waals surface area (Å²) < 4.78 is 18.1. The molecule has 1 aromatic carbocycles. The molecule has 1 unspecified atom stereocenters. The lowest BCUT2D eigenvalue weighted by molar-refractivity contribution is 0.0184. The molecule has 94 valence electrons. The van der Waals surface area contributed by atoms with Crippen molar-refractivity contribution in [3.05, 3.63) is 35.6 Å². The van der Waals surface area contributed by atoms with Crippen molar-refractivity contribution in [1.29, 1.82) is 0 Å². The second-order valence-electron chi connectivity index (χ2n) is 4.37. The second kappa shape index (κ2) is 6.10. The largest absolute Gasteiger partial charge is 0.379 e. The van der Waals surface area contributed by atoms with Crippen molar-refractivity contribution in [2.75, 3.05) is 32.8 Å². The Hall–Kier alpha value is -0.970. The highest BCUT2D eigenvalue weighted by Crippen LogP contribution is 2.11. The van der Waals surface area contributed by atoms with Crippen LogP contribution in [0.5, 0.6) is 0 Å². The minimum absolute atomic E-state index is 0.190. The Morgan fingerprint density at radius 1 is 1.24 bits per heavy atom. The molecule has 1 aliphatic rings. The Balaban J connectivity index is 1.96. The second-order valence-corrected chi connectivity index (χ2v) is 4.37. The molecule has 0 aromatic heterocycles. The van der Waals surface area contributed by atoms with Gasteiger partial charge >= 0.3 is 0 Å². The van der Waals surface area contributed by atoms with E-state index in [-0.39, 0.29) is 5.82 Å². The molecule has 1 saturated heterocycles. The van der Waals surface area contributed by atoms with Crippen LogP contribution in [0.1, 0.15) is 5.56 Å². The molecular formula is C13H19FN2O. The van der Waals surface area contributed by atoms with Crippen LogP contribution in [-0.4, -0.2) is 43.8 Å². The fraction of sp³-hybridized carbons (Fsp3) is 0.538. The smallest absolute Gasteiger partial charge is 0.123 e. The van der Waals surface area contributed by atoms with Crippen molar-refractivity contribution >= 4 is 0 Å². The summed E-state index contributed by atoms with van der Waals surface area (Å²) in [6, 6.07) is 6.99. The summed E-state index contributed by atoms with van der Waals surface area (Å²) in [7, 11) is 0. The predicted molar refractivity (Wildman–Crippen MR) is 65.3 cm³/mol. The van der Waals surface area contributed by atoms with Gasteiger partial charge < -0.3 is 10.5 Å². The fourth-order valence-electron chi connectivity index (χ4n) is 2.20. The quantitative estimate of drug-likeness (QED) is 0.851. The minimum atomic E-state index is -0.190. The Bertz CT molecular complexity index is 336. The van der Waals surface area contributed by atoms with Gasteiger partial charge in [-0.25, -0.2) is 4.39 Å². The summed E-state index contributed by atoms with van der Waals surface area (Å²) in [4.78, 5) is 2.35. The van der Waals surface area contributed by atoms with Crippen molar-refractivity contribution in [2.24, 2.45) is 5.73 Å². The third-order valence-electron chi connectivity index (χ3n) is 3.22. The van der Waals surface area contributed by atoms with Crippen LogP contribution in [0, 0.1) is 5.82 Å². The molecule has 0 radical (unpaired) electrons. The van der Waals surface area contributed by atoms with Gasteiger partial charge in [0.2, 0.25) is 0 Å². The van der Waals surface area contributed by atoms with E-state index in [1.54, 1.807) is 0 Å². The topological polar surface area (TPSA) is 38.5 Å². The lowest BCUT2D eigenvalue weighted by Crippen LogP contribution is -2.47. The molecule has 4 heteroatoms. The van der Waals surface area contributed by atoms with Gasteiger partial charge in [-0.05, 0) is 24.1 Å². The molecule has 2 N–H and O–H groups in total. The first-order valence-electron chi connectivity index (χ1n) is 6.06. The van der Waals surface area contributed by atoms with E-state index in [4.69, 9.17) is 10.5 Å². The zero-order chi connectivity index (χ0) is 12.1. The van der Waals surface area contributed by atoms with Crippen molar-refractivity contribution < 1.29 is 9.13 Å². The van der Waals surface area contributed by atoms with Crippen LogP contribution >= 0.6 is 0 Å². The van der Waals surface area contributed by atoms with Crippen LogP contribution < -0.4 is 5.73 Å². The van der Waals surface area contributed by atoms with Crippen LogP contribution in [0.25, 0.3) is 0 Å². The van der Waals surface area contributed by atoms with Gasteiger partial charge in [0.05, 0.1) is 13.2 Å². The molecule has 0 spiro atoms. The van der Waals surface area contributed by atoms with Gasteiger partial charge in [-0.15, -0.1) is 0 Å². The van der Waals surface area contributed by atoms with Crippen molar-refractivity contribution in [2.45, 2.75) is 12.5 Å². The van der Waals surface area contributed by atoms with E-state index in [9.17, 15) is 4.39 Å². The summed E-state index contributed by atoms with van der Waals surface area (Å²) in [5.41, 5.74) is 6.96. The monoisotopic (exact) mass is 238 g/mol. The molecule has 1 aromatic rings. The maximum Gasteiger partial charge on any atom is 0.123 e. The van der Waals surface area contributed by atoms with Gasteiger partial charge in [0, 0.05) is 25.7 Å². The molecule has 0 saturated carbocycles. The lowest BCUT2D eigenvalue weighted by atomic mass is 10.0. The molecule has 17 heavy (non-hydrogen) atoms. The Morgan fingerprint density at radius 2 is 1.88 bits per heavy atom. The highest BCUT2D eigenvalue weighted by molar-refractivity contribution is 5.17. The number of hydrogen-bond donors (Lipinski definition) is 1. The molecule has 1 heterocycles. The number of hydrogen-bond acceptors (Lipinski definition) is 3. The fourth-order valence-corrected chi connectivity index (χ4v) is 2.20. The van der Waals surface area contributed by atoms with Crippen LogP contribution in [0.15, 0.2) is 24.3 Å². The summed E-state index contributed by atoms with van der Waals surface area (Å²) >= 11 is 0. The van der Waals surface area contributed by atoms with E-state index in [2.05, 4.69) is 4.90 Å². The number of ether oxygens (including phenoxy) is 1. The van der Waals surface area contributed by atoms with Gasteiger partial charge in [-0.1, -0.05) is 12.1 Å². The van der Waals surface area contributed by atoms with Crippen LogP contribution in [0.3, 0.4) is 0 Å². The van der Waals surface area contributed by atoms with E-state index in [0.29, 0.717) is 12.6 Å². The number of morpholine rings is 1. The number of benzene rings is 1. The summed E-state index contributed by atoms with van der Waals surface area (Å²) in [6.45, 7) is 4.04. The van der Waals surface area contributed by atoms with Gasteiger partial charge in [0.25, 0.3) is 0 Å². The molecule has 0 aliphatic carbocycles. The van der Waals surface area contributed by atoms with E-state index in [0.717, 1.165) is 38.3 Å². The van der Waals surface area contributed by atoms with E-state index < -0.39 is 0 Å². The standard InChI is InChI=1S/C13H19FN2O/c14-12-3-1-11(2-4-12)9-13(10-15)16-5-7-17-8-6-16/h1-4,13H,5-10,15H2. The Labute approximate surface area is 101 Å². The third-order valence-corrected chi connectivity index (χ3v) is 3.22. The summed E-state index contributed by atoms with van der Waals surface area (Å²) in [6.07, 6.45) is 0.872. The zero-order valence-electron chi connectivity index (χ0n) is 9.94. The summed E-state index contributed by atoms with van der Waals surface area (Å²) in [5, 5.41) is 0. The van der Waals surface area contributed by atoms with Crippen LogP contribution in [0.4, 0.5) is 4.39 Å². The van der Waals surface area contributed by atoms with E-state index in [1.165, 1.54) is 12.1 Å². The highest BCUT2D eigenvalue weighted by Gasteiger charge is 2.19. The molecule has 2 rings (SSSR count). The molecule has 1 atom stereocenters. The van der Waals surface area contributed by atoms with Gasteiger partial charge in [0.15, 0.2) is 0 Å². The molecule has 3 nitrogen and oxygen atoms in total. The predicted octanol–water partition coefficient (Wildman–Crippen LogP) is 1.03. The highest BCUT2D eigenvalue weighted by atomic mass is 19.1. The first-order chi connectivity index (χ1) is 8.29. The average molecular weight is 238 g/mol. The van der Waals surface area contributed by atoms with Crippen molar-refractivity contribution in [1.82, 2.24) is 4.90 Å². The SMILES string of the molecule is NCC(Cc1ccc(F)cc1)N1CCOCC1. The maximum atomic E-state index is 12.8. The van der Waals surface area contributed by atoms with Gasteiger partial charge in [-0.3, -0.25) is 4.90 Å². The van der Waals surface area contributed by atoms with Crippen molar-refractivity contribution in [3.8, 4) is 0 Å². The van der Waals surface area contributed by atoms with E-state index >= 15 is 0 Å². The average Bonchev–Trinajstić information content (AvgIpc) is 2.39. The lowest BCUT2D eigenvalue weighted by Gasteiger charge is -2.33. The van der Waals surface area contributed by atoms with E-state index in [1.807, 2.05) is 12.1 Å². The number of rotatable bonds is 4. The molecular weight excluding hydrogens is 219 g/mol. The summed E-state index contributed by atoms with van der Waals surface area (Å²) in [5.74, 6) is -0.190. The van der Waals surface area contributed by atoms with Gasteiger partial charge in [-0.2, -0.15) is 0 Å². The maximum absolute atomic E-state index is 12.8. The van der Waals surface area contributed by atoms with Crippen LogP contribution in [-0.2, 0) is 11.2 Å². The Morgan fingerprint density at radius 3 is 2.47 bits per heavy atom. The Kier molecular flexibility index (Phi) is 4.48. The number of nitrogens with two attached hydrogens (primary N) is 1.